The second-order valence-electron chi connectivity index (χ2n) is 4.13. The van der Waals surface area contributed by atoms with Crippen LogP contribution in [-0.2, 0) is 0 Å². The summed E-state index contributed by atoms with van der Waals surface area (Å²) in [5.41, 5.74) is 0. The van der Waals surface area contributed by atoms with Crippen LogP contribution in [-0.4, -0.2) is 18.1 Å². The van der Waals surface area contributed by atoms with Gasteiger partial charge in [-0.1, -0.05) is 0 Å². The lowest BCUT2D eigenvalue weighted by molar-refractivity contribution is 0.0932. The van der Waals surface area contributed by atoms with E-state index in [2.05, 4.69) is 15.7 Å². The van der Waals surface area contributed by atoms with Gasteiger partial charge in [0.1, 0.15) is 0 Å². The number of nitrogens with one attached hydrogen (secondary N) is 1. The summed E-state index contributed by atoms with van der Waals surface area (Å²) < 4.78 is 0. The molecular weight excluding hydrogens is 180 g/mol. The Bertz CT molecular complexity index is 283. The van der Waals surface area contributed by atoms with E-state index in [1.807, 2.05) is 17.5 Å². The standard InChI is InChI=1S/C10H14N2S/c1-2-11-6-9-7(1)5-8(9)10-12-3-4-13-10/h3-4,7-9,11H,1-2,5-6H2/t7-,8-,9-/m0/s1. The van der Waals surface area contributed by atoms with Crippen molar-refractivity contribution in [1.82, 2.24) is 10.3 Å². The Morgan fingerprint density at radius 2 is 2.54 bits per heavy atom. The third kappa shape index (κ3) is 1.22. The third-order valence-electron chi connectivity index (χ3n) is 3.52. The molecule has 0 spiro atoms. The number of piperidine rings is 1. The molecule has 3 atom stereocenters. The van der Waals surface area contributed by atoms with E-state index in [4.69, 9.17) is 0 Å². The molecule has 13 heavy (non-hydrogen) atoms. The van der Waals surface area contributed by atoms with Crippen LogP contribution in [0.5, 0.6) is 0 Å². The highest BCUT2D eigenvalue weighted by Gasteiger charge is 2.43. The minimum Gasteiger partial charge on any atom is -0.316 e. The molecule has 0 radical (unpaired) electrons. The SMILES string of the molecule is c1csc([C@H]2C[C@@H]3CCNC[C@@H]32)n1. The van der Waals surface area contributed by atoms with E-state index < -0.39 is 0 Å². The van der Waals surface area contributed by atoms with Crippen molar-refractivity contribution < 1.29 is 0 Å². The summed E-state index contributed by atoms with van der Waals surface area (Å²) in [6.07, 6.45) is 4.70. The second kappa shape index (κ2) is 3.07. The van der Waals surface area contributed by atoms with E-state index in [1.54, 1.807) is 0 Å². The van der Waals surface area contributed by atoms with Crippen LogP contribution in [0.4, 0.5) is 0 Å². The molecule has 1 saturated carbocycles. The fourth-order valence-electron chi connectivity index (χ4n) is 2.71. The van der Waals surface area contributed by atoms with Crippen LogP contribution in [0.2, 0.25) is 0 Å². The Balaban J connectivity index is 1.75. The summed E-state index contributed by atoms with van der Waals surface area (Å²) in [7, 11) is 0. The second-order valence-corrected chi connectivity index (χ2v) is 5.06. The maximum atomic E-state index is 4.42. The molecule has 1 aromatic heterocycles. The van der Waals surface area contributed by atoms with Crippen molar-refractivity contribution in [2.75, 3.05) is 13.1 Å². The van der Waals surface area contributed by atoms with Crippen LogP contribution < -0.4 is 5.32 Å². The predicted octanol–water partition coefficient (Wildman–Crippen LogP) is 1.86. The smallest absolute Gasteiger partial charge is 0.0959 e. The topological polar surface area (TPSA) is 24.9 Å². The first-order valence-electron chi connectivity index (χ1n) is 5.05. The van der Waals surface area contributed by atoms with Crippen LogP contribution in [0.15, 0.2) is 11.6 Å². The molecule has 0 aromatic carbocycles. The van der Waals surface area contributed by atoms with Gasteiger partial charge in [0.25, 0.3) is 0 Å². The Morgan fingerprint density at radius 1 is 1.54 bits per heavy atom. The summed E-state index contributed by atoms with van der Waals surface area (Å²) in [4.78, 5) is 4.42. The Morgan fingerprint density at radius 3 is 3.31 bits per heavy atom. The van der Waals surface area contributed by atoms with Gasteiger partial charge in [-0.3, -0.25) is 0 Å². The number of hydrogen-bond acceptors (Lipinski definition) is 3. The van der Waals surface area contributed by atoms with Gasteiger partial charge >= 0.3 is 0 Å². The Labute approximate surface area is 82.4 Å². The minimum absolute atomic E-state index is 0.776. The Kier molecular flexibility index (Phi) is 1.87. The maximum Gasteiger partial charge on any atom is 0.0959 e. The zero-order valence-corrected chi connectivity index (χ0v) is 8.39. The average Bonchev–Trinajstić information content (AvgIpc) is 2.60. The van der Waals surface area contributed by atoms with Crippen molar-refractivity contribution in [3.05, 3.63) is 16.6 Å². The van der Waals surface area contributed by atoms with Crippen molar-refractivity contribution in [3.63, 3.8) is 0 Å². The predicted molar refractivity (Wildman–Crippen MR) is 53.9 cm³/mol. The molecule has 2 heterocycles. The van der Waals surface area contributed by atoms with E-state index >= 15 is 0 Å². The lowest BCUT2D eigenvalue weighted by atomic mass is 9.62. The number of rotatable bonds is 1. The van der Waals surface area contributed by atoms with Gasteiger partial charge in [0.2, 0.25) is 0 Å². The van der Waals surface area contributed by atoms with Gasteiger partial charge in [0.15, 0.2) is 0 Å². The van der Waals surface area contributed by atoms with E-state index in [-0.39, 0.29) is 0 Å². The van der Waals surface area contributed by atoms with Crippen LogP contribution in [0, 0.1) is 11.8 Å². The van der Waals surface area contributed by atoms with Gasteiger partial charge in [0, 0.05) is 17.5 Å². The quantitative estimate of drug-likeness (QED) is 0.738. The first kappa shape index (κ1) is 7.94. The molecular formula is C10H14N2S. The fraction of sp³-hybridized carbons (Fsp3) is 0.700. The minimum atomic E-state index is 0.776. The molecule has 1 saturated heterocycles. The summed E-state index contributed by atoms with van der Waals surface area (Å²) in [6.45, 7) is 2.45. The van der Waals surface area contributed by atoms with Crippen LogP contribution in [0.1, 0.15) is 23.8 Å². The van der Waals surface area contributed by atoms with Crippen molar-refractivity contribution in [2.24, 2.45) is 11.8 Å². The van der Waals surface area contributed by atoms with Gasteiger partial charge in [-0.2, -0.15) is 0 Å². The van der Waals surface area contributed by atoms with Crippen molar-refractivity contribution in [1.29, 1.82) is 0 Å². The van der Waals surface area contributed by atoms with Crippen molar-refractivity contribution in [2.45, 2.75) is 18.8 Å². The molecule has 0 amide bonds. The zero-order valence-electron chi connectivity index (χ0n) is 7.57. The van der Waals surface area contributed by atoms with Crippen molar-refractivity contribution in [3.8, 4) is 0 Å². The first-order chi connectivity index (χ1) is 6.45. The fourth-order valence-corrected chi connectivity index (χ4v) is 3.54. The molecule has 1 aliphatic carbocycles. The number of nitrogens with zero attached hydrogens (tertiary/aromatic N) is 1. The highest BCUT2D eigenvalue weighted by molar-refractivity contribution is 7.09. The number of aromatic nitrogens is 1. The van der Waals surface area contributed by atoms with E-state index in [0.29, 0.717) is 0 Å². The largest absolute Gasteiger partial charge is 0.316 e. The summed E-state index contributed by atoms with van der Waals surface area (Å²) >= 11 is 1.82. The molecule has 0 unspecified atom stereocenters. The molecule has 0 bridgehead atoms. The number of thiazole rings is 1. The zero-order chi connectivity index (χ0) is 8.67. The van der Waals surface area contributed by atoms with Gasteiger partial charge in [-0.25, -0.2) is 4.98 Å². The summed E-state index contributed by atoms with van der Waals surface area (Å²) in [6, 6.07) is 0. The van der Waals surface area contributed by atoms with Gasteiger partial charge < -0.3 is 5.32 Å². The molecule has 2 aliphatic rings. The molecule has 70 valence electrons. The molecule has 1 aliphatic heterocycles. The lowest BCUT2D eigenvalue weighted by Gasteiger charge is -2.47. The Hall–Kier alpha value is -0.410. The molecule has 2 fully saturated rings. The molecule has 3 rings (SSSR count). The molecule has 2 nitrogen and oxygen atoms in total. The van der Waals surface area contributed by atoms with Crippen molar-refractivity contribution >= 4 is 11.3 Å². The summed E-state index contributed by atoms with van der Waals surface area (Å²) in [5, 5.41) is 6.95. The average molecular weight is 194 g/mol. The number of hydrogen-bond donors (Lipinski definition) is 1. The maximum absolute atomic E-state index is 4.42. The first-order valence-corrected chi connectivity index (χ1v) is 5.93. The number of fused-ring (bicyclic) bond motifs is 1. The molecule has 1 N–H and O–H groups in total. The molecule has 1 aromatic rings. The van der Waals surface area contributed by atoms with E-state index in [1.165, 1.54) is 30.9 Å². The van der Waals surface area contributed by atoms with Gasteiger partial charge in [-0.15, -0.1) is 11.3 Å². The highest BCUT2D eigenvalue weighted by atomic mass is 32.1. The highest BCUT2D eigenvalue weighted by Crippen LogP contribution is 2.49. The van der Waals surface area contributed by atoms with Crippen LogP contribution >= 0.6 is 11.3 Å². The molecule has 3 heteroatoms. The van der Waals surface area contributed by atoms with E-state index in [0.717, 1.165) is 17.8 Å². The van der Waals surface area contributed by atoms with E-state index in [9.17, 15) is 0 Å². The van der Waals surface area contributed by atoms with Crippen LogP contribution in [0.25, 0.3) is 0 Å². The van der Waals surface area contributed by atoms with Crippen LogP contribution in [0.3, 0.4) is 0 Å². The lowest BCUT2D eigenvalue weighted by Crippen LogP contribution is -2.47. The normalized spacial score (nSPS) is 38.0. The summed E-state index contributed by atoms with van der Waals surface area (Å²) in [5.74, 6) is 2.66. The van der Waals surface area contributed by atoms with Gasteiger partial charge in [0.05, 0.1) is 5.01 Å². The van der Waals surface area contributed by atoms with Gasteiger partial charge in [-0.05, 0) is 37.8 Å². The third-order valence-corrected chi connectivity index (χ3v) is 4.43. The monoisotopic (exact) mass is 194 g/mol.